The number of hydrogen-bond acceptors (Lipinski definition) is 6. The van der Waals surface area contributed by atoms with Crippen molar-refractivity contribution in [3.8, 4) is 0 Å². The lowest BCUT2D eigenvalue weighted by Gasteiger charge is -2.32. The Kier molecular flexibility index (Phi) is 4.41. The molecule has 0 radical (unpaired) electrons. The van der Waals surface area contributed by atoms with Crippen molar-refractivity contribution < 1.29 is 27.4 Å². The standard InChI is InChI=1S/C20H18F3N5O3/c1-28(15-8-31-7-14-9(15)2-3-16(25-14)20(21,22)23)19(29)13-4-12-17(26-13)10-5-30-6-11(10)18(24)27-12/h2-4,15,26H,5-8H2,1H3,(H2,24,27)/t15-/m0/s1. The highest BCUT2D eigenvalue weighted by molar-refractivity contribution is 5.98. The van der Waals surface area contributed by atoms with Crippen LogP contribution in [0.5, 0.6) is 0 Å². The first-order valence-electron chi connectivity index (χ1n) is 9.53. The predicted octanol–water partition coefficient (Wildman–Crippen LogP) is 2.93. The van der Waals surface area contributed by atoms with E-state index in [0.717, 1.165) is 17.2 Å². The van der Waals surface area contributed by atoms with Crippen LogP contribution >= 0.6 is 0 Å². The van der Waals surface area contributed by atoms with Gasteiger partial charge < -0.3 is 25.1 Å². The van der Waals surface area contributed by atoms with E-state index in [-0.39, 0.29) is 30.5 Å². The zero-order chi connectivity index (χ0) is 21.9. The van der Waals surface area contributed by atoms with Crippen LogP contribution in [0.1, 0.15) is 44.6 Å². The molecule has 0 saturated heterocycles. The summed E-state index contributed by atoms with van der Waals surface area (Å²) in [6, 6.07) is 3.32. The average molecular weight is 433 g/mol. The number of ether oxygens (including phenoxy) is 2. The van der Waals surface area contributed by atoms with Crippen molar-refractivity contribution in [2.24, 2.45) is 0 Å². The Labute approximate surface area is 174 Å². The van der Waals surface area contributed by atoms with Gasteiger partial charge in [-0.2, -0.15) is 13.2 Å². The second-order valence-electron chi connectivity index (χ2n) is 7.57. The van der Waals surface area contributed by atoms with Crippen LogP contribution in [-0.2, 0) is 35.5 Å². The number of amides is 1. The summed E-state index contributed by atoms with van der Waals surface area (Å²) in [7, 11) is 1.57. The fourth-order valence-electron chi connectivity index (χ4n) is 4.05. The Morgan fingerprint density at radius 1 is 1.19 bits per heavy atom. The first kappa shape index (κ1) is 19.8. The molecule has 31 heavy (non-hydrogen) atoms. The second-order valence-corrected chi connectivity index (χ2v) is 7.57. The number of anilines is 1. The second kappa shape index (κ2) is 6.92. The topological polar surface area (TPSA) is 106 Å². The number of aromatic amines is 1. The quantitative estimate of drug-likeness (QED) is 0.644. The molecule has 162 valence electrons. The van der Waals surface area contributed by atoms with E-state index in [0.29, 0.717) is 35.6 Å². The molecule has 1 atom stereocenters. The van der Waals surface area contributed by atoms with E-state index < -0.39 is 17.9 Å². The third-order valence-corrected chi connectivity index (χ3v) is 5.70. The molecule has 0 unspecified atom stereocenters. The lowest BCUT2D eigenvalue weighted by atomic mass is 10.0. The van der Waals surface area contributed by atoms with E-state index in [4.69, 9.17) is 15.2 Å². The Hall–Kier alpha value is -3.18. The molecule has 2 aliphatic heterocycles. The molecule has 0 saturated carbocycles. The van der Waals surface area contributed by atoms with Crippen LogP contribution in [0, 0.1) is 0 Å². The van der Waals surface area contributed by atoms with Crippen LogP contribution in [0.2, 0.25) is 0 Å². The van der Waals surface area contributed by atoms with Crippen molar-refractivity contribution in [3.63, 3.8) is 0 Å². The van der Waals surface area contributed by atoms with E-state index >= 15 is 0 Å². The molecule has 5 rings (SSSR count). The summed E-state index contributed by atoms with van der Waals surface area (Å²) < 4.78 is 49.9. The highest BCUT2D eigenvalue weighted by Crippen LogP contribution is 2.35. The molecular formula is C20H18F3N5O3. The van der Waals surface area contributed by atoms with Gasteiger partial charge in [0.1, 0.15) is 17.2 Å². The van der Waals surface area contributed by atoms with Crippen molar-refractivity contribution in [2.45, 2.75) is 32.0 Å². The molecule has 0 aromatic carbocycles. The molecule has 2 aliphatic rings. The first-order valence-corrected chi connectivity index (χ1v) is 9.53. The highest BCUT2D eigenvalue weighted by Gasteiger charge is 2.36. The predicted molar refractivity (Wildman–Crippen MR) is 103 cm³/mol. The number of alkyl halides is 3. The maximum atomic E-state index is 13.2. The van der Waals surface area contributed by atoms with E-state index in [9.17, 15) is 18.0 Å². The summed E-state index contributed by atoms with van der Waals surface area (Å²) in [5.41, 5.74) is 8.92. The van der Waals surface area contributed by atoms with Gasteiger partial charge in [-0.1, -0.05) is 6.07 Å². The fourth-order valence-corrected chi connectivity index (χ4v) is 4.05. The van der Waals surface area contributed by atoms with Crippen molar-refractivity contribution in [3.05, 3.63) is 52.0 Å². The van der Waals surface area contributed by atoms with Gasteiger partial charge in [0.15, 0.2) is 0 Å². The minimum atomic E-state index is -4.55. The number of nitrogens with zero attached hydrogens (tertiary/aromatic N) is 3. The number of likely N-dealkylation sites (N-methyl/N-ethyl adjacent to an activating group) is 1. The number of H-pyrrole nitrogens is 1. The lowest BCUT2D eigenvalue weighted by Crippen LogP contribution is -2.37. The SMILES string of the molecule is CN(C(=O)c1cc2nc(N)c3c(c2[nH]1)COC3)[C@H]1COCc2nc(C(F)(F)F)ccc21. The molecule has 8 nitrogen and oxygen atoms in total. The number of carbonyl (C=O) groups is 1. The van der Waals surface area contributed by atoms with Crippen LogP contribution in [0.25, 0.3) is 11.0 Å². The van der Waals surface area contributed by atoms with Crippen molar-refractivity contribution in [1.82, 2.24) is 19.9 Å². The van der Waals surface area contributed by atoms with E-state index in [1.165, 1.54) is 11.0 Å². The molecule has 3 N–H and O–H groups in total. The van der Waals surface area contributed by atoms with Gasteiger partial charge in [0.2, 0.25) is 0 Å². The van der Waals surface area contributed by atoms with E-state index in [1.54, 1.807) is 13.1 Å². The van der Waals surface area contributed by atoms with Gasteiger partial charge in [0.05, 0.1) is 49.2 Å². The largest absolute Gasteiger partial charge is 0.433 e. The van der Waals surface area contributed by atoms with Crippen molar-refractivity contribution >= 4 is 22.8 Å². The Morgan fingerprint density at radius 3 is 2.74 bits per heavy atom. The number of nitrogens with one attached hydrogen (secondary N) is 1. The van der Waals surface area contributed by atoms with Gasteiger partial charge in [-0.3, -0.25) is 4.79 Å². The summed E-state index contributed by atoms with van der Waals surface area (Å²) in [5.74, 6) is 0.0121. The van der Waals surface area contributed by atoms with Crippen LogP contribution in [0.15, 0.2) is 18.2 Å². The zero-order valence-electron chi connectivity index (χ0n) is 16.4. The van der Waals surface area contributed by atoms with Gasteiger partial charge in [-0.25, -0.2) is 9.97 Å². The molecule has 0 aliphatic carbocycles. The number of nitrogen functional groups attached to an aromatic ring is 1. The summed E-state index contributed by atoms with van der Waals surface area (Å²) >= 11 is 0. The molecule has 1 amide bonds. The number of pyridine rings is 2. The van der Waals surface area contributed by atoms with Gasteiger partial charge >= 0.3 is 6.18 Å². The maximum absolute atomic E-state index is 13.2. The molecule has 0 spiro atoms. The Balaban J connectivity index is 1.48. The lowest BCUT2D eigenvalue weighted by molar-refractivity contribution is -0.141. The van der Waals surface area contributed by atoms with Gasteiger partial charge in [-0.05, 0) is 12.1 Å². The van der Waals surface area contributed by atoms with Crippen LogP contribution in [0.4, 0.5) is 19.0 Å². The molecule has 3 aromatic heterocycles. The normalized spacial score (nSPS) is 18.1. The van der Waals surface area contributed by atoms with Crippen LogP contribution in [-0.4, -0.2) is 39.4 Å². The number of fused-ring (bicyclic) bond motifs is 4. The summed E-state index contributed by atoms with van der Waals surface area (Å²) in [6.45, 7) is 0.853. The van der Waals surface area contributed by atoms with Gasteiger partial charge in [0.25, 0.3) is 5.91 Å². The number of hydrogen-bond donors (Lipinski definition) is 2. The van der Waals surface area contributed by atoms with Crippen molar-refractivity contribution in [2.75, 3.05) is 19.4 Å². The highest BCUT2D eigenvalue weighted by atomic mass is 19.4. The Morgan fingerprint density at radius 2 is 1.97 bits per heavy atom. The molecule has 5 heterocycles. The van der Waals surface area contributed by atoms with Gasteiger partial charge in [-0.15, -0.1) is 0 Å². The van der Waals surface area contributed by atoms with Crippen LogP contribution in [0.3, 0.4) is 0 Å². The molecule has 0 bridgehead atoms. The summed E-state index contributed by atoms with van der Waals surface area (Å²) in [5, 5.41) is 0. The summed E-state index contributed by atoms with van der Waals surface area (Å²) in [4.78, 5) is 25.8. The molecule has 3 aromatic rings. The Bertz CT molecular complexity index is 1210. The van der Waals surface area contributed by atoms with E-state index in [1.807, 2.05) is 0 Å². The monoisotopic (exact) mass is 433 g/mol. The number of aromatic nitrogens is 3. The minimum absolute atomic E-state index is 0.0422. The summed E-state index contributed by atoms with van der Waals surface area (Å²) in [6.07, 6.45) is -4.55. The van der Waals surface area contributed by atoms with Crippen LogP contribution < -0.4 is 5.73 Å². The fraction of sp³-hybridized carbons (Fsp3) is 0.350. The number of rotatable bonds is 2. The average Bonchev–Trinajstić information content (AvgIpc) is 3.38. The number of carbonyl (C=O) groups excluding carboxylic acids is 1. The minimum Gasteiger partial charge on any atom is -0.383 e. The zero-order valence-corrected chi connectivity index (χ0v) is 16.4. The smallest absolute Gasteiger partial charge is 0.383 e. The molecule has 11 heteroatoms. The molecular weight excluding hydrogens is 415 g/mol. The van der Waals surface area contributed by atoms with Gasteiger partial charge in [0, 0.05) is 23.7 Å². The number of nitrogens with two attached hydrogens (primary N) is 1. The molecule has 0 fully saturated rings. The van der Waals surface area contributed by atoms with E-state index in [2.05, 4.69) is 15.0 Å². The third-order valence-electron chi connectivity index (χ3n) is 5.70. The maximum Gasteiger partial charge on any atom is 0.433 e. The first-order chi connectivity index (χ1) is 14.7. The van der Waals surface area contributed by atoms with Crippen molar-refractivity contribution in [1.29, 1.82) is 0 Å². The number of halogens is 3. The third kappa shape index (κ3) is 3.20.